The molecule has 1 aromatic rings. The van der Waals surface area contributed by atoms with E-state index < -0.39 is 0 Å². The standard InChI is InChI=1S/C12H18FNOS/c1-9(16-4)15-8-10-5-6-11(13)12(7-10)14(2)3/h5-7,9H,8H2,1-4H3. The summed E-state index contributed by atoms with van der Waals surface area (Å²) in [5.74, 6) is -0.202. The third-order valence-electron chi connectivity index (χ3n) is 2.31. The Labute approximate surface area is 101 Å². The molecule has 1 atom stereocenters. The van der Waals surface area contributed by atoms with Crippen LogP contribution >= 0.6 is 11.8 Å². The van der Waals surface area contributed by atoms with Gasteiger partial charge in [-0.05, 0) is 30.9 Å². The molecule has 0 aliphatic heterocycles. The fourth-order valence-electron chi connectivity index (χ4n) is 1.27. The molecule has 2 nitrogen and oxygen atoms in total. The van der Waals surface area contributed by atoms with Crippen molar-refractivity contribution < 1.29 is 9.13 Å². The van der Waals surface area contributed by atoms with Gasteiger partial charge in [0.15, 0.2) is 0 Å². The Bertz CT molecular complexity index is 344. The van der Waals surface area contributed by atoms with Crippen molar-refractivity contribution >= 4 is 17.4 Å². The molecule has 16 heavy (non-hydrogen) atoms. The van der Waals surface area contributed by atoms with Gasteiger partial charge in [-0.25, -0.2) is 4.39 Å². The second-order valence-corrected chi connectivity index (χ2v) is 4.93. The molecular weight excluding hydrogens is 225 g/mol. The number of benzene rings is 1. The summed E-state index contributed by atoms with van der Waals surface area (Å²) in [6.45, 7) is 2.52. The van der Waals surface area contributed by atoms with Gasteiger partial charge in [-0.1, -0.05) is 6.07 Å². The SMILES string of the molecule is CSC(C)OCc1ccc(F)c(N(C)C)c1. The number of rotatable bonds is 5. The fraction of sp³-hybridized carbons (Fsp3) is 0.500. The summed E-state index contributed by atoms with van der Waals surface area (Å²) in [6, 6.07) is 5.07. The Morgan fingerprint density at radius 1 is 1.44 bits per heavy atom. The van der Waals surface area contributed by atoms with Crippen LogP contribution in [0.2, 0.25) is 0 Å². The maximum Gasteiger partial charge on any atom is 0.146 e. The van der Waals surface area contributed by atoms with Gasteiger partial charge in [0.2, 0.25) is 0 Å². The lowest BCUT2D eigenvalue weighted by atomic mass is 10.2. The van der Waals surface area contributed by atoms with Crippen molar-refractivity contribution in [1.82, 2.24) is 0 Å². The second-order valence-electron chi connectivity index (χ2n) is 3.79. The maximum absolute atomic E-state index is 13.4. The monoisotopic (exact) mass is 243 g/mol. The predicted molar refractivity (Wildman–Crippen MR) is 68.5 cm³/mol. The molecule has 0 aliphatic rings. The highest BCUT2D eigenvalue weighted by molar-refractivity contribution is 7.99. The van der Waals surface area contributed by atoms with Crippen LogP contribution in [-0.2, 0) is 11.3 Å². The molecule has 0 heterocycles. The normalized spacial score (nSPS) is 12.6. The average molecular weight is 243 g/mol. The molecule has 0 spiro atoms. The molecule has 0 amide bonds. The van der Waals surface area contributed by atoms with Crippen LogP contribution < -0.4 is 4.90 Å². The van der Waals surface area contributed by atoms with Crippen molar-refractivity contribution in [3.63, 3.8) is 0 Å². The zero-order valence-corrected chi connectivity index (χ0v) is 11.0. The van der Waals surface area contributed by atoms with Crippen molar-refractivity contribution in [2.45, 2.75) is 19.0 Å². The molecule has 0 N–H and O–H groups in total. The molecule has 1 aromatic carbocycles. The summed E-state index contributed by atoms with van der Waals surface area (Å²) in [4.78, 5) is 1.76. The number of ether oxygens (including phenoxy) is 1. The quantitative estimate of drug-likeness (QED) is 0.737. The van der Waals surface area contributed by atoms with E-state index in [0.717, 1.165) is 5.56 Å². The summed E-state index contributed by atoms with van der Waals surface area (Å²) < 4.78 is 19.0. The van der Waals surface area contributed by atoms with Gasteiger partial charge in [0.05, 0.1) is 12.3 Å². The van der Waals surface area contributed by atoms with Crippen LogP contribution in [0.1, 0.15) is 12.5 Å². The second kappa shape index (κ2) is 6.11. The summed E-state index contributed by atoms with van der Waals surface area (Å²) in [5, 5.41) is 0. The third kappa shape index (κ3) is 3.68. The summed E-state index contributed by atoms with van der Waals surface area (Å²) in [5.41, 5.74) is 1.75. The van der Waals surface area contributed by atoms with Gasteiger partial charge in [0, 0.05) is 14.1 Å². The van der Waals surface area contributed by atoms with Crippen molar-refractivity contribution in [2.75, 3.05) is 25.3 Å². The number of nitrogens with zero attached hydrogens (tertiary/aromatic N) is 1. The molecule has 1 unspecified atom stereocenters. The van der Waals surface area contributed by atoms with Gasteiger partial charge in [-0.15, -0.1) is 11.8 Å². The van der Waals surface area contributed by atoms with E-state index in [-0.39, 0.29) is 11.3 Å². The van der Waals surface area contributed by atoms with E-state index in [2.05, 4.69) is 0 Å². The van der Waals surface area contributed by atoms with Crippen LogP contribution in [0.4, 0.5) is 10.1 Å². The highest BCUT2D eigenvalue weighted by Gasteiger charge is 2.06. The average Bonchev–Trinajstić information content (AvgIpc) is 2.27. The minimum Gasteiger partial charge on any atom is -0.375 e. The van der Waals surface area contributed by atoms with Crippen molar-refractivity contribution in [2.24, 2.45) is 0 Å². The molecule has 0 aromatic heterocycles. The molecule has 0 saturated heterocycles. The topological polar surface area (TPSA) is 12.5 Å². The first-order valence-corrected chi connectivity index (χ1v) is 6.43. The lowest BCUT2D eigenvalue weighted by molar-refractivity contribution is 0.110. The van der Waals surface area contributed by atoms with Gasteiger partial charge in [0.1, 0.15) is 11.3 Å². The number of halogens is 1. The van der Waals surface area contributed by atoms with Crippen LogP contribution in [0.5, 0.6) is 0 Å². The smallest absolute Gasteiger partial charge is 0.146 e. The summed E-state index contributed by atoms with van der Waals surface area (Å²) in [7, 11) is 3.65. The van der Waals surface area contributed by atoms with Crippen LogP contribution in [0.3, 0.4) is 0 Å². The largest absolute Gasteiger partial charge is 0.375 e. The van der Waals surface area contributed by atoms with E-state index in [1.54, 1.807) is 22.7 Å². The lowest BCUT2D eigenvalue weighted by Crippen LogP contribution is -2.11. The fourth-order valence-corrected chi connectivity index (χ4v) is 1.48. The molecule has 0 saturated carbocycles. The van der Waals surface area contributed by atoms with E-state index in [1.807, 2.05) is 33.3 Å². The number of thioether (sulfide) groups is 1. The van der Waals surface area contributed by atoms with Crippen LogP contribution in [0.25, 0.3) is 0 Å². The predicted octanol–water partition coefficient (Wildman–Crippen LogP) is 3.12. The zero-order valence-electron chi connectivity index (χ0n) is 10.2. The minimum atomic E-state index is -0.202. The number of anilines is 1. The maximum atomic E-state index is 13.4. The first-order chi connectivity index (χ1) is 7.54. The van der Waals surface area contributed by atoms with E-state index >= 15 is 0 Å². The van der Waals surface area contributed by atoms with Crippen LogP contribution in [0, 0.1) is 5.82 Å². The van der Waals surface area contributed by atoms with Crippen molar-refractivity contribution in [3.8, 4) is 0 Å². The number of hydrogen-bond donors (Lipinski definition) is 0. The molecule has 1 rings (SSSR count). The number of hydrogen-bond acceptors (Lipinski definition) is 3. The molecule has 0 aliphatic carbocycles. The van der Waals surface area contributed by atoms with Crippen molar-refractivity contribution in [1.29, 1.82) is 0 Å². The Morgan fingerprint density at radius 2 is 2.12 bits per heavy atom. The highest BCUT2D eigenvalue weighted by atomic mass is 32.2. The van der Waals surface area contributed by atoms with E-state index in [9.17, 15) is 4.39 Å². The third-order valence-corrected chi connectivity index (χ3v) is 3.11. The molecular formula is C12H18FNOS. The summed E-state index contributed by atoms with van der Waals surface area (Å²) >= 11 is 1.65. The van der Waals surface area contributed by atoms with E-state index in [0.29, 0.717) is 12.3 Å². The first kappa shape index (κ1) is 13.3. The van der Waals surface area contributed by atoms with Gasteiger partial charge >= 0.3 is 0 Å². The van der Waals surface area contributed by atoms with Gasteiger partial charge < -0.3 is 9.64 Å². The Balaban J connectivity index is 2.71. The molecule has 0 bridgehead atoms. The van der Waals surface area contributed by atoms with Gasteiger partial charge in [-0.3, -0.25) is 0 Å². The molecule has 0 radical (unpaired) electrons. The molecule has 90 valence electrons. The van der Waals surface area contributed by atoms with Crippen LogP contribution in [-0.4, -0.2) is 25.8 Å². The highest BCUT2D eigenvalue weighted by Crippen LogP contribution is 2.20. The first-order valence-electron chi connectivity index (χ1n) is 5.14. The Kier molecular flexibility index (Phi) is 5.09. The molecule has 0 fully saturated rings. The van der Waals surface area contributed by atoms with Gasteiger partial charge in [-0.2, -0.15) is 0 Å². The zero-order chi connectivity index (χ0) is 12.1. The Morgan fingerprint density at radius 3 is 2.69 bits per heavy atom. The minimum absolute atomic E-state index is 0.160. The molecule has 4 heteroatoms. The van der Waals surface area contributed by atoms with Crippen LogP contribution in [0.15, 0.2) is 18.2 Å². The van der Waals surface area contributed by atoms with Crippen molar-refractivity contribution in [3.05, 3.63) is 29.6 Å². The van der Waals surface area contributed by atoms with E-state index in [4.69, 9.17) is 4.74 Å². The Hall–Kier alpha value is -0.740. The van der Waals surface area contributed by atoms with E-state index in [1.165, 1.54) is 6.07 Å². The lowest BCUT2D eigenvalue weighted by Gasteiger charge is -2.16. The summed E-state index contributed by atoms with van der Waals surface area (Å²) in [6.07, 6.45) is 2.00. The van der Waals surface area contributed by atoms with Gasteiger partial charge in [0.25, 0.3) is 0 Å².